The van der Waals surface area contributed by atoms with Crippen molar-refractivity contribution in [2.24, 2.45) is 4.99 Å². The van der Waals surface area contributed by atoms with Crippen LogP contribution in [-0.4, -0.2) is 71.9 Å². The molecule has 2 heterocycles. The van der Waals surface area contributed by atoms with Crippen molar-refractivity contribution in [3.05, 3.63) is 175 Å². The molecule has 0 unspecified atom stereocenters. The van der Waals surface area contributed by atoms with Gasteiger partial charge < -0.3 is 30.7 Å². The zero-order valence-corrected chi connectivity index (χ0v) is 39.6. The topological polar surface area (TPSA) is 135 Å². The molecular formula is C55H55N5O5Si. The van der Waals surface area contributed by atoms with E-state index in [4.69, 9.17) is 15.2 Å². The van der Waals surface area contributed by atoms with E-state index in [1.54, 1.807) is 12.1 Å². The second kappa shape index (κ2) is 17.3. The molecule has 4 aliphatic rings. The molecule has 2 amide bonds. The van der Waals surface area contributed by atoms with Gasteiger partial charge in [-0.05, 0) is 148 Å². The summed E-state index contributed by atoms with van der Waals surface area (Å²) in [5.41, 5.74) is 18.2. The summed E-state index contributed by atoms with van der Waals surface area (Å²) in [7, 11) is 5.00. The molecule has 11 heteroatoms. The van der Waals surface area contributed by atoms with Crippen LogP contribution in [0.2, 0.25) is 13.1 Å². The third kappa shape index (κ3) is 7.97. The molecule has 9 rings (SSSR count). The predicted molar refractivity (Wildman–Crippen MR) is 268 cm³/mol. The summed E-state index contributed by atoms with van der Waals surface area (Å²) in [5, 5.41) is 10.7. The summed E-state index contributed by atoms with van der Waals surface area (Å²) in [6.45, 7) is 10.9. The van der Waals surface area contributed by atoms with E-state index < -0.39 is 14.0 Å². The Morgan fingerprint density at radius 1 is 0.773 bits per heavy atom. The number of amides is 2. The SMILES string of the molecule is C=c1ccc2c(c1)Oc1cc(N(C)C)ccc1C=2c1ccc(C(=O)NC2CCC(NC(=O)c3ccc(C4=C5C=C/C(=N\C)C=C5[Si](C)(C)c5cc(N)ccc54)c(C)c3)CC2)cc1C(=O)OC. The molecular weight excluding hydrogens is 839 g/mol. The van der Waals surface area contributed by atoms with Crippen molar-refractivity contribution >= 4 is 65.9 Å². The zero-order chi connectivity index (χ0) is 46.6. The smallest absolute Gasteiger partial charge is 0.338 e. The van der Waals surface area contributed by atoms with E-state index in [2.05, 4.69) is 78.6 Å². The lowest BCUT2D eigenvalue weighted by atomic mass is 9.87. The first-order valence-corrected chi connectivity index (χ1v) is 25.5. The minimum Gasteiger partial charge on any atom is -0.465 e. The van der Waals surface area contributed by atoms with Gasteiger partial charge in [0.2, 0.25) is 0 Å². The highest BCUT2D eigenvalue weighted by atomic mass is 28.3. The lowest BCUT2D eigenvalue weighted by Gasteiger charge is -2.38. The fourth-order valence-corrected chi connectivity index (χ4v) is 13.1. The van der Waals surface area contributed by atoms with Crippen LogP contribution < -0.4 is 41.6 Å². The quantitative estimate of drug-likeness (QED) is 0.0819. The van der Waals surface area contributed by atoms with Gasteiger partial charge in [0.25, 0.3) is 11.8 Å². The van der Waals surface area contributed by atoms with Gasteiger partial charge in [-0.2, -0.15) is 0 Å². The number of methoxy groups -OCH3 is 1. The molecule has 0 bridgehead atoms. The third-order valence-corrected chi connectivity index (χ3v) is 17.1. The van der Waals surface area contributed by atoms with E-state index in [0.717, 1.165) is 55.4 Å². The summed E-state index contributed by atoms with van der Waals surface area (Å²) in [5.74, 6) is 0.336. The van der Waals surface area contributed by atoms with Crippen molar-refractivity contribution in [1.29, 1.82) is 0 Å². The van der Waals surface area contributed by atoms with Gasteiger partial charge in [0.1, 0.15) is 19.6 Å². The van der Waals surface area contributed by atoms with E-state index >= 15 is 0 Å². The Bertz CT molecular complexity index is 3130. The van der Waals surface area contributed by atoms with E-state index in [9.17, 15) is 14.4 Å². The molecule has 0 aromatic heterocycles. The fraction of sp³-hybridized carbons (Fsp3) is 0.236. The van der Waals surface area contributed by atoms with Crippen LogP contribution in [-0.2, 0) is 4.74 Å². The third-order valence-electron chi connectivity index (χ3n) is 13.6. The Kier molecular flexibility index (Phi) is 11.5. The molecule has 5 aromatic carbocycles. The highest BCUT2D eigenvalue weighted by Gasteiger charge is 2.40. The Balaban J connectivity index is 0.898. The first-order chi connectivity index (χ1) is 31.6. The largest absolute Gasteiger partial charge is 0.465 e. The number of ether oxygens (including phenoxy) is 2. The maximum Gasteiger partial charge on any atom is 0.338 e. The monoisotopic (exact) mass is 893 g/mol. The van der Waals surface area contributed by atoms with Crippen LogP contribution in [0.15, 0.2) is 125 Å². The standard InChI is InChI=1S/C55H55N5O5Si/c1-31-9-19-42-47(25-31)65-48-30-39(60(4)5)18-24-43(48)52(42)41-21-11-34(27-46(41)55(63)64-6)54(62)59-37-15-13-36(14-16-37)58-53(61)33-10-20-40(32(2)26-33)51-44-22-12-35(56)28-49(44)66(7,8)50-29-38(57-3)17-23-45(50)51/h9-12,17-30,36-37H,1,13-16,56H2,2-8H3,(H,58,61)(H,59,62)/b57-38+. The maximum atomic E-state index is 13.8. The van der Waals surface area contributed by atoms with Crippen LogP contribution in [0, 0.1) is 6.92 Å². The molecule has 2 aliphatic heterocycles. The Morgan fingerprint density at radius 3 is 2.08 bits per heavy atom. The number of carbonyl (C=O) groups is 3. The number of esters is 1. The lowest BCUT2D eigenvalue weighted by molar-refractivity contribution is 0.0600. The molecule has 2 aliphatic carbocycles. The average Bonchev–Trinajstić information content (AvgIpc) is 3.31. The molecule has 0 radical (unpaired) electrons. The number of fused-ring (bicyclic) bond motifs is 4. The first-order valence-electron chi connectivity index (χ1n) is 22.5. The highest BCUT2D eigenvalue weighted by Crippen LogP contribution is 2.43. The average molecular weight is 894 g/mol. The van der Waals surface area contributed by atoms with Gasteiger partial charge in [0, 0.05) is 78.1 Å². The van der Waals surface area contributed by atoms with E-state index in [1.807, 2.05) is 86.7 Å². The Morgan fingerprint density at radius 2 is 1.42 bits per heavy atom. The van der Waals surface area contributed by atoms with Crippen LogP contribution in [0.5, 0.6) is 11.5 Å². The number of rotatable bonds is 8. The number of nitrogens with zero attached hydrogens (tertiary/aromatic N) is 2. The van der Waals surface area contributed by atoms with Crippen LogP contribution in [0.4, 0.5) is 11.4 Å². The second-order valence-electron chi connectivity index (χ2n) is 18.4. The number of aliphatic imine (C=N–C) groups is 1. The van der Waals surface area contributed by atoms with Crippen molar-refractivity contribution in [1.82, 2.24) is 10.6 Å². The highest BCUT2D eigenvalue weighted by molar-refractivity contribution is 6.98. The summed E-state index contributed by atoms with van der Waals surface area (Å²) in [6.07, 6.45) is 9.32. The molecule has 0 saturated heterocycles. The van der Waals surface area contributed by atoms with E-state index in [1.165, 1.54) is 28.6 Å². The molecule has 1 fully saturated rings. The van der Waals surface area contributed by atoms with Gasteiger partial charge in [-0.25, -0.2) is 4.79 Å². The molecule has 10 nitrogen and oxygen atoms in total. The summed E-state index contributed by atoms with van der Waals surface area (Å²) < 4.78 is 11.7. The van der Waals surface area contributed by atoms with Gasteiger partial charge in [-0.1, -0.05) is 56.1 Å². The molecule has 334 valence electrons. The number of hydrogen-bond acceptors (Lipinski definition) is 8. The second-order valence-corrected chi connectivity index (χ2v) is 22.7. The number of nitrogens with two attached hydrogens (primary N) is 1. The summed E-state index contributed by atoms with van der Waals surface area (Å²) in [6, 6.07) is 29.0. The van der Waals surface area contributed by atoms with Crippen molar-refractivity contribution in [3.8, 4) is 11.5 Å². The molecule has 0 spiro atoms. The van der Waals surface area contributed by atoms with Gasteiger partial charge in [-0.3, -0.25) is 14.6 Å². The zero-order valence-electron chi connectivity index (χ0n) is 38.6. The molecule has 66 heavy (non-hydrogen) atoms. The Labute approximate surface area is 386 Å². The van der Waals surface area contributed by atoms with Gasteiger partial charge in [0.05, 0.1) is 18.4 Å². The fourth-order valence-electron chi connectivity index (χ4n) is 9.96. The number of nitrogen functional groups attached to an aromatic ring is 1. The number of carbonyl (C=O) groups excluding carboxylic acids is 3. The van der Waals surface area contributed by atoms with Crippen molar-refractivity contribution in [2.75, 3.05) is 38.9 Å². The molecule has 1 saturated carbocycles. The normalized spacial score (nSPS) is 18.5. The van der Waals surface area contributed by atoms with Gasteiger partial charge >= 0.3 is 5.97 Å². The van der Waals surface area contributed by atoms with Crippen LogP contribution >= 0.6 is 0 Å². The van der Waals surface area contributed by atoms with Crippen LogP contribution in [0.3, 0.4) is 0 Å². The number of hydrogen-bond donors (Lipinski definition) is 3. The van der Waals surface area contributed by atoms with E-state index in [0.29, 0.717) is 53.9 Å². The van der Waals surface area contributed by atoms with Crippen molar-refractivity contribution < 1.29 is 23.9 Å². The maximum absolute atomic E-state index is 13.8. The van der Waals surface area contributed by atoms with Crippen molar-refractivity contribution in [3.63, 3.8) is 0 Å². The predicted octanol–water partition coefficient (Wildman–Crippen LogP) is 7.50. The van der Waals surface area contributed by atoms with Crippen molar-refractivity contribution in [2.45, 2.75) is 57.8 Å². The van der Waals surface area contributed by atoms with Crippen LogP contribution in [0.1, 0.15) is 84.6 Å². The number of benzene rings is 5. The number of aryl methyl sites for hydroxylation is 1. The number of anilines is 2. The number of allylic oxidation sites excluding steroid dienone is 5. The molecule has 5 aromatic rings. The minimum absolute atomic E-state index is 0.0335. The molecule has 4 N–H and O–H groups in total. The number of nitrogens with one attached hydrogen (secondary N) is 2. The lowest BCUT2D eigenvalue weighted by Crippen LogP contribution is -2.49. The first kappa shape index (κ1) is 44.0. The van der Waals surface area contributed by atoms with Gasteiger partial charge in [-0.15, -0.1) is 0 Å². The minimum atomic E-state index is -2.10. The summed E-state index contributed by atoms with van der Waals surface area (Å²) >= 11 is 0. The Hall–Kier alpha value is -7.24. The summed E-state index contributed by atoms with van der Waals surface area (Å²) in [4.78, 5) is 47.6. The van der Waals surface area contributed by atoms with Gasteiger partial charge in [0.15, 0.2) is 0 Å². The van der Waals surface area contributed by atoms with Crippen LogP contribution in [0.25, 0.3) is 17.7 Å². The molecule has 0 atom stereocenters. The van der Waals surface area contributed by atoms with E-state index in [-0.39, 0.29) is 29.5 Å².